The number of nitrogens with one attached hydrogen (secondary N) is 1. The van der Waals surface area contributed by atoms with E-state index in [0.717, 1.165) is 55.9 Å². The minimum Gasteiger partial charge on any atom is -0.494 e. The van der Waals surface area contributed by atoms with E-state index in [1.165, 1.54) is 0 Å². The number of ether oxygens (including phenoxy) is 1. The standard InChI is InChI=1S/C20H27N5O2/c1-19(2,3)17-23-15-14(16(26)24-17)6-8-20(15)7-5-9-25(12-20)18-21-10-13(27-4)11-22-18/h10-11H,5-9,12H2,1-4H3,(H,23,24,26). The molecule has 4 rings (SSSR count). The van der Waals surface area contributed by atoms with Crippen molar-refractivity contribution in [3.63, 3.8) is 0 Å². The van der Waals surface area contributed by atoms with Crippen LogP contribution in [-0.4, -0.2) is 40.1 Å². The molecule has 1 saturated heterocycles. The van der Waals surface area contributed by atoms with Crippen molar-refractivity contribution in [1.29, 1.82) is 0 Å². The Balaban J connectivity index is 1.70. The first-order chi connectivity index (χ1) is 12.8. The lowest BCUT2D eigenvalue weighted by Gasteiger charge is -2.40. The van der Waals surface area contributed by atoms with E-state index in [-0.39, 0.29) is 16.4 Å². The Morgan fingerprint density at radius 3 is 2.63 bits per heavy atom. The summed E-state index contributed by atoms with van der Waals surface area (Å²) in [5, 5.41) is 0. The summed E-state index contributed by atoms with van der Waals surface area (Å²) in [5.41, 5.74) is 1.60. The normalized spacial score (nSPS) is 22.1. The van der Waals surface area contributed by atoms with Gasteiger partial charge in [0.2, 0.25) is 5.95 Å². The van der Waals surface area contributed by atoms with Crippen molar-refractivity contribution >= 4 is 5.95 Å². The molecule has 3 heterocycles. The molecule has 144 valence electrons. The molecule has 1 atom stereocenters. The molecule has 1 fully saturated rings. The number of nitrogens with zero attached hydrogens (tertiary/aromatic N) is 4. The first-order valence-electron chi connectivity index (χ1n) is 9.57. The number of methoxy groups -OCH3 is 1. The van der Waals surface area contributed by atoms with Crippen molar-refractivity contribution in [3.05, 3.63) is 39.8 Å². The van der Waals surface area contributed by atoms with Crippen LogP contribution < -0.4 is 15.2 Å². The van der Waals surface area contributed by atoms with Crippen molar-refractivity contribution in [2.45, 2.75) is 57.3 Å². The van der Waals surface area contributed by atoms with Crippen molar-refractivity contribution < 1.29 is 4.74 Å². The molecular formula is C20H27N5O2. The Bertz CT molecular complexity index is 900. The second-order valence-electron chi connectivity index (χ2n) is 8.72. The smallest absolute Gasteiger partial charge is 0.254 e. The van der Waals surface area contributed by atoms with Gasteiger partial charge >= 0.3 is 0 Å². The van der Waals surface area contributed by atoms with E-state index in [4.69, 9.17) is 9.72 Å². The maximum absolute atomic E-state index is 12.7. The van der Waals surface area contributed by atoms with Crippen molar-refractivity contribution in [3.8, 4) is 5.75 Å². The highest BCUT2D eigenvalue weighted by Crippen LogP contribution is 2.43. The summed E-state index contributed by atoms with van der Waals surface area (Å²) in [4.78, 5) is 31.8. The Labute approximate surface area is 159 Å². The molecule has 2 aromatic heterocycles. The zero-order valence-electron chi connectivity index (χ0n) is 16.5. The highest BCUT2D eigenvalue weighted by molar-refractivity contribution is 5.40. The fraction of sp³-hybridized carbons (Fsp3) is 0.600. The SMILES string of the molecule is COc1cnc(N2CCCC3(CCc4c3nc(C(C)(C)C)[nH]c4=O)C2)nc1. The third-order valence-corrected chi connectivity index (χ3v) is 5.79. The van der Waals surface area contributed by atoms with Crippen LogP contribution in [0.25, 0.3) is 0 Å². The van der Waals surface area contributed by atoms with Crippen molar-refractivity contribution in [2.24, 2.45) is 0 Å². The molecule has 2 aliphatic rings. The zero-order valence-corrected chi connectivity index (χ0v) is 16.5. The van der Waals surface area contributed by atoms with Gasteiger partial charge in [-0.3, -0.25) is 4.79 Å². The van der Waals surface area contributed by atoms with Gasteiger partial charge in [-0.25, -0.2) is 15.0 Å². The molecule has 2 aromatic rings. The number of rotatable bonds is 2. The van der Waals surface area contributed by atoms with E-state index in [1.807, 2.05) is 0 Å². The lowest BCUT2D eigenvalue weighted by molar-refractivity contribution is 0.329. The van der Waals surface area contributed by atoms with Crippen LogP contribution in [0.5, 0.6) is 5.75 Å². The van der Waals surface area contributed by atoms with Gasteiger partial charge in [0, 0.05) is 29.5 Å². The Morgan fingerprint density at radius 2 is 1.96 bits per heavy atom. The summed E-state index contributed by atoms with van der Waals surface area (Å²) in [5.74, 6) is 2.13. The average molecular weight is 369 g/mol. The first kappa shape index (κ1) is 17.9. The average Bonchev–Trinajstić information content (AvgIpc) is 3.00. The van der Waals surface area contributed by atoms with Crippen LogP contribution in [0, 0.1) is 0 Å². The van der Waals surface area contributed by atoms with Gasteiger partial charge in [-0.2, -0.15) is 0 Å². The predicted octanol–water partition coefficient (Wildman–Crippen LogP) is 2.35. The Morgan fingerprint density at radius 1 is 1.22 bits per heavy atom. The first-order valence-corrected chi connectivity index (χ1v) is 9.57. The molecule has 7 heteroatoms. The number of fused-ring (bicyclic) bond motifs is 2. The van der Waals surface area contributed by atoms with Crippen LogP contribution in [-0.2, 0) is 17.3 Å². The van der Waals surface area contributed by atoms with E-state index in [0.29, 0.717) is 11.7 Å². The number of aromatic amines is 1. The lowest BCUT2D eigenvalue weighted by Crippen LogP contribution is -2.46. The van der Waals surface area contributed by atoms with Gasteiger partial charge in [0.25, 0.3) is 5.56 Å². The van der Waals surface area contributed by atoms with E-state index in [9.17, 15) is 4.79 Å². The molecule has 1 unspecified atom stereocenters. The lowest BCUT2D eigenvalue weighted by atomic mass is 9.77. The molecule has 1 aliphatic carbocycles. The minimum atomic E-state index is -0.189. The highest BCUT2D eigenvalue weighted by atomic mass is 16.5. The highest BCUT2D eigenvalue weighted by Gasteiger charge is 2.45. The topological polar surface area (TPSA) is 84.0 Å². The van der Waals surface area contributed by atoms with Crippen LogP contribution in [0.1, 0.15) is 57.1 Å². The number of piperidine rings is 1. The monoisotopic (exact) mass is 369 g/mol. The maximum Gasteiger partial charge on any atom is 0.254 e. The molecule has 7 nitrogen and oxygen atoms in total. The van der Waals surface area contributed by atoms with Crippen LogP contribution >= 0.6 is 0 Å². The van der Waals surface area contributed by atoms with Crippen molar-refractivity contribution in [2.75, 3.05) is 25.1 Å². The molecule has 0 saturated carbocycles. The van der Waals surface area contributed by atoms with Gasteiger partial charge in [-0.05, 0) is 25.7 Å². The summed E-state index contributed by atoms with van der Waals surface area (Å²) in [6, 6.07) is 0. The zero-order chi connectivity index (χ0) is 19.2. The molecule has 0 radical (unpaired) electrons. The number of hydrogen-bond acceptors (Lipinski definition) is 6. The second kappa shape index (κ2) is 6.32. The molecule has 0 bridgehead atoms. The van der Waals surface area contributed by atoms with Gasteiger partial charge in [0.05, 0.1) is 25.2 Å². The van der Waals surface area contributed by atoms with Crippen molar-refractivity contribution in [1.82, 2.24) is 19.9 Å². The van der Waals surface area contributed by atoms with E-state index >= 15 is 0 Å². The van der Waals surface area contributed by atoms with Gasteiger partial charge in [-0.1, -0.05) is 20.8 Å². The van der Waals surface area contributed by atoms with Crippen LogP contribution in [0.15, 0.2) is 17.2 Å². The second-order valence-corrected chi connectivity index (χ2v) is 8.72. The molecule has 0 amide bonds. The molecule has 0 aromatic carbocycles. The number of H-pyrrole nitrogens is 1. The summed E-state index contributed by atoms with van der Waals surface area (Å²) < 4.78 is 5.16. The summed E-state index contributed by atoms with van der Waals surface area (Å²) in [6.07, 6.45) is 7.23. The molecule has 27 heavy (non-hydrogen) atoms. The molecule has 1 spiro atoms. The Hall–Kier alpha value is -2.44. The van der Waals surface area contributed by atoms with E-state index in [1.54, 1.807) is 19.5 Å². The van der Waals surface area contributed by atoms with Crippen LogP contribution in [0.2, 0.25) is 0 Å². The third kappa shape index (κ3) is 3.09. The maximum atomic E-state index is 12.7. The summed E-state index contributed by atoms with van der Waals surface area (Å²) >= 11 is 0. The van der Waals surface area contributed by atoms with E-state index < -0.39 is 0 Å². The largest absolute Gasteiger partial charge is 0.494 e. The fourth-order valence-corrected chi connectivity index (χ4v) is 4.28. The number of anilines is 1. The van der Waals surface area contributed by atoms with Gasteiger partial charge in [-0.15, -0.1) is 0 Å². The summed E-state index contributed by atoms with van der Waals surface area (Å²) in [7, 11) is 1.61. The quantitative estimate of drug-likeness (QED) is 0.875. The minimum absolute atomic E-state index is 0.0274. The van der Waals surface area contributed by atoms with Gasteiger partial charge in [0.1, 0.15) is 5.82 Å². The molecule has 1 aliphatic heterocycles. The molecule has 1 N–H and O–H groups in total. The third-order valence-electron chi connectivity index (χ3n) is 5.79. The Kier molecular flexibility index (Phi) is 4.20. The van der Waals surface area contributed by atoms with Gasteiger partial charge in [0.15, 0.2) is 5.75 Å². The summed E-state index contributed by atoms with van der Waals surface area (Å²) in [6.45, 7) is 7.96. The van der Waals surface area contributed by atoms with Crippen LogP contribution in [0.4, 0.5) is 5.95 Å². The van der Waals surface area contributed by atoms with Crippen LogP contribution in [0.3, 0.4) is 0 Å². The fourth-order valence-electron chi connectivity index (χ4n) is 4.28. The molecular weight excluding hydrogens is 342 g/mol. The van der Waals surface area contributed by atoms with Gasteiger partial charge < -0.3 is 14.6 Å². The predicted molar refractivity (Wildman–Crippen MR) is 104 cm³/mol. The number of aromatic nitrogens is 4. The number of hydrogen-bond donors (Lipinski definition) is 1. The van der Waals surface area contributed by atoms with E-state index in [2.05, 4.69) is 40.6 Å².